The Bertz CT molecular complexity index is 509. The van der Waals surface area contributed by atoms with Crippen LogP contribution in [0.15, 0.2) is 18.2 Å². The van der Waals surface area contributed by atoms with E-state index in [9.17, 15) is 8.78 Å². The molecule has 2 N–H and O–H groups in total. The molecule has 0 bridgehead atoms. The fraction of sp³-hybridized carbons (Fsp3) is 0.100. The lowest BCUT2D eigenvalue weighted by Crippen LogP contribution is -1.96. The molecule has 0 aliphatic heterocycles. The fourth-order valence-corrected chi connectivity index (χ4v) is 1.33. The molecule has 2 aromatic rings. The first-order valence-corrected chi connectivity index (χ1v) is 4.10. The summed E-state index contributed by atoms with van der Waals surface area (Å²) < 4.78 is 26.0. The first-order chi connectivity index (χ1) is 6.58. The van der Waals surface area contributed by atoms with Gasteiger partial charge in [-0.15, -0.1) is 0 Å². The lowest BCUT2D eigenvalue weighted by molar-refractivity contribution is 0.590. The molecule has 0 atom stereocenters. The van der Waals surface area contributed by atoms with Crippen molar-refractivity contribution in [1.29, 1.82) is 0 Å². The third kappa shape index (κ3) is 1.28. The average molecular weight is 194 g/mol. The molecule has 2 nitrogen and oxygen atoms in total. The van der Waals surface area contributed by atoms with Gasteiger partial charge in [-0.3, -0.25) is 0 Å². The van der Waals surface area contributed by atoms with Crippen LogP contribution >= 0.6 is 0 Å². The molecule has 1 aromatic heterocycles. The van der Waals surface area contributed by atoms with Crippen molar-refractivity contribution >= 4 is 16.7 Å². The van der Waals surface area contributed by atoms with Crippen LogP contribution in [0.25, 0.3) is 10.9 Å². The van der Waals surface area contributed by atoms with E-state index in [2.05, 4.69) is 4.98 Å². The predicted octanol–water partition coefficient (Wildman–Crippen LogP) is 2.40. The standard InChI is InChI=1S/C10H8F2N2/c1-5-2-6-3-7(11)4-8(12)9(6)14-10(5)13/h2-4H,1H3,(H2,13,14). The summed E-state index contributed by atoms with van der Waals surface area (Å²) in [6, 6.07) is 3.64. The molecule has 0 saturated heterocycles. The summed E-state index contributed by atoms with van der Waals surface area (Å²) in [5.74, 6) is -1.03. The largest absolute Gasteiger partial charge is 0.383 e. The van der Waals surface area contributed by atoms with Gasteiger partial charge in [0.15, 0.2) is 5.82 Å². The first kappa shape index (κ1) is 8.87. The van der Waals surface area contributed by atoms with Gasteiger partial charge in [-0.2, -0.15) is 0 Å². The Morgan fingerprint density at radius 3 is 2.64 bits per heavy atom. The van der Waals surface area contributed by atoms with Crippen LogP contribution in [-0.2, 0) is 0 Å². The van der Waals surface area contributed by atoms with E-state index in [1.54, 1.807) is 13.0 Å². The van der Waals surface area contributed by atoms with Crippen LogP contribution in [0.5, 0.6) is 0 Å². The maximum Gasteiger partial charge on any atom is 0.152 e. The van der Waals surface area contributed by atoms with Crippen LogP contribution in [0.4, 0.5) is 14.6 Å². The van der Waals surface area contributed by atoms with Gasteiger partial charge in [0, 0.05) is 11.5 Å². The molecule has 2 rings (SSSR count). The number of anilines is 1. The Morgan fingerprint density at radius 2 is 1.93 bits per heavy atom. The number of rotatable bonds is 0. The van der Waals surface area contributed by atoms with Crippen LogP contribution in [-0.4, -0.2) is 4.98 Å². The molecule has 0 aliphatic rings. The molecular weight excluding hydrogens is 186 g/mol. The SMILES string of the molecule is Cc1cc2cc(F)cc(F)c2nc1N. The molecule has 0 unspecified atom stereocenters. The highest BCUT2D eigenvalue weighted by Crippen LogP contribution is 2.21. The number of aryl methyl sites for hydroxylation is 1. The number of nitrogens with two attached hydrogens (primary N) is 1. The number of halogens is 2. The van der Waals surface area contributed by atoms with Gasteiger partial charge >= 0.3 is 0 Å². The molecule has 0 fully saturated rings. The van der Waals surface area contributed by atoms with Crippen LogP contribution in [0.2, 0.25) is 0 Å². The van der Waals surface area contributed by atoms with Crippen molar-refractivity contribution in [3.8, 4) is 0 Å². The van der Waals surface area contributed by atoms with Crippen LogP contribution in [0, 0.1) is 18.6 Å². The van der Waals surface area contributed by atoms with E-state index in [0.717, 1.165) is 6.07 Å². The van der Waals surface area contributed by atoms with Crippen LogP contribution in [0.3, 0.4) is 0 Å². The number of benzene rings is 1. The molecule has 0 spiro atoms. The normalized spacial score (nSPS) is 10.8. The van der Waals surface area contributed by atoms with Gasteiger partial charge < -0.3 is 5.73 Å². The van der Waals surface area contributed by atoms with E-state index < -0.39 is 11.6 Å². The molecule has 0 amide bonds. The predicted molar refractivity (Wildman–Crippen MR) is 50.8 cm³/mol. The Labute approximate surface area is 79.4 Å². The molecule has 4 heteroatoms. The maximum absolute atomic E-state index is 13.2. The summed E-state index contributed by atoms with van der Waals surface area (Å²) in [4.78, 5) is 3.85. The average Bonchev–Trinajstić information content (AvgIpc) is 2.08. The zero-order valence-corrected chi connectivity index (χ0v) is 7.51. The molecule has 14 heavy (non-hydrogen) atoms. The van der Waals surface area contributed by atoms with Crippen molar-refractivity contribution < 1.29 is 8.78 Å². The van der Waals surface area contributed by atoms with Gasteiger partial charge in [-0.1, -0.05) is 0 Å². The number of hydrogen-bond donors (Lipinski definition) is 1. The van der Waals surface area contributed by atoms with E-state index in [-0.39, 0.29) is 11.3 Å². The summed E-state index contributed by atoms with van der Waals surface area (Å²) in [7, 11) is 0. The highest BCUT2D eigenvalue weighted by molar-refractivity contribution is 5.81. The van der Waals surface area contributed by atoms with Gasteiger partial charge in [0.05, 0.1) is 0 Å². The molecule has 1 heterocycles. The minimum atomic E-state index is -0.688. The number of nitrogen functional groups attached to an aromatic ring is 1. The summed E-state index contributed by atoms with van der Waals surface area (Å²) in [6.07, 6.45) is 0. The summed E-state index contributed by atoms with van der Waals surface area (Å²) in [5.41, 5.74) is 6.34. The van der Waals surface area contributed by atoms with Crippen molar-refractivity contribution in [3.05, 3.63) is 35.4 Å². The second-order valence-corrected chi connectivity index (χ2v) is 3.15. The topological polar surface area (TPSA) is 38.9 Å². The minimum absolute atomic E-state index is 0.106. The number of fused-ring (bicyclic) bond motifs is 1. The highest BCUT2D eigenvalue weighted by atomic mass is 19.1. The van der Waals surface area contributed by atoms with E-state index in [1.165, 1.54) is 6.07 Å². The van der Waals surface area contributed by atoms with Gasteiger partial charge in [-0.05, 0) is 24.6 Å². The van der Waals surface area contributed by atoms with Gasteiger partial charge in [0.25, 0.3) is 0 Å². The minimum Gasteiger partial charge on any atom is -0.383 e. The Hall–Kier alpha value is -1.71. The lowest BCUT2D eigenvalue weighted by atomic mass is 10.1. The monoisotopic (exact) mass is 194 g/mol. The Kier molecular flexibility index (Phi) is 1.84. The smallest absolute Gasteiger partial charge is 0.152 e. The zero-order valence-electron chi connectivity index (χ0n) is 7.51. The number of nitrogens with zero attached hydrogens (tertiary/aromatic N) is 1. The molecular formula is C10H8F2N2. The van der Waals surface area contributed by atoms with E-state index in [1.807, 2.05) is 0 Å². The highest BCUT2D eigenvalue weighted by Gasteiger charge is 2.07. The van der Waals surface area contributed by atoms with Crippen molar-refractivity contribution in [2.24, 2.45) is 0 Å². The fourth-order valence-electron chi connectivity index (χ4n) is 1.33. The second kappa shape index (κ2) is 2.90. The van der Waals surface area contributed by atoms with Gasteiger partial charge in [0.2, 0.25) is 0 Å². The second-order valence-electron chi connectivity index (χ2n) is 3.15. The third-order valence-corrected chi connectivity index (χ3v) is 2.07. The van der Waals surface area contributed by atoms with Gasteiger partial charge in [-0.25, -0.2) is 13.8 Å². The van der Waals surface area contributed by atoms with E-state index in [0.29, 0.717) is 10.9 Å². The molecule has 0 saturated carbocycles. The summed E-state index contributed by atoms with van der Waals surface area (Å²) >= 11 is 0. The Balaban J connectivity index is 2.89. The number of aromatic nitrogens is 1. The van der Waals surface area contributed by atoms with Crippen molar-refractivity contribution in [2.75, 3.05) is 5.73 Å². The van der Waals surface area contributed by atoms with Crippen molar-refractivity contribution in [1.82, 2.24) is 4.98 Å². The maximum atomic E-state index is 13.2. The quantitative estimate of drug-likeness (QED) is 0.699. The summed E-state index contributed by atoms with van der Waals surface area (Å²) in [6.45, 7) is 1.74. The summed E-state index contributed by atoms with van der Waals surface area (Å²) in [5, 5.41) is 0.425. The van der Waals surface area contributed by atoms with Gasteiger partial charge in [0.1, 0.15) is 17.2 Å². The van der Waals surface area contributed by atoms with Crippen LogP contribution in [0.1, 0.15) is 5.56 Å². The Morgan fingerprint density at radius 1 is 1.21 bits per heavy atom. The zero-order chi connectivity index (χ0) is 10.3. The molecule has 1 aromatic carbocycles. The third-order valence-electron chi connectivity index (χ3n) is 2.07. The van der Waals surface area contributed by atoms with Crippen LogP contribution < -0.4 is 5.73 Å². The first-order valence-electron chi connectivity index (χ1n) is 4.10. The number of pyridine rings is 1. The molecule has 0 aliphatic carbocycles. The lowest BCUT2D eigenvalue weighted by Gasteiger charge is -2.03. The van der Waals surface area contributed by atoms with E-state index in [4.69, 9.17) is 5.73 Å². The van der Waals surface area contributed by atoms with Crippen molar-refractivity contribution in [3.63, 3.8) is 0 Å². The molecule has 72 valence electrons. The van der Waals surface area contributed by atoms with Crippen molar-refractivity contribution in [2.45, 2.75) is 6.92 Å². The van der Waals surface area contributed by atoms with E-state index >= 15 is 0 Å². The number of hydrogen-bond acceptors (Lipinski definition) is 2. The molecule has 0 radical (unpaired) electrons.